The average Bonchev–Trinajstić information content (AvgIpc) is 2.52. The molecule has 0 aliphatic carbocycles. The lowest BCUT2D eigenvalue weighted by atomic mass is 9.94. The minimum absolute atomic E-state index is 0.0212. The number of hydrazine groups is 1. The van der Waals surface area contributed by atoms with Crippen molar-refractivity contribution < 1.29 is 0 Å². The molecule has 0 amide bonds. The average molecular weight is 341 g/mol. The minimum Gasteiger partial charge on any atom is -0.271 e. The van der Waals surface area contributed by atoms with E-state index in [-0.39, 0.29) is 6.04 Å². The summed E-state index contributed by atoms with van der Waals surface area (Å²) < 4.78 is 1.10. The molecule has 3 rings (SSSR count). The van der Waals surface area contributed by atoms with Crippen molar-refractivity contribution in [3.05, 3.63) is 81.8 Å². The highest BCUT2D eigenvalue weighted by molar-refractivity contribution is 9.10. The number of benzene rings is 3. The summed E-state index contributed by atoms with van der Waals surface area (Å²) in [5.41, 5.74) is 6.50. The fourth-order valence-electron chi connectivity index (χ4n) is 2.69. The van der Waals surface area contributed by atoms with Crippen LogP contribution in [-0.2, 0) is 0 Å². The number of halogens is 1. The molecule has 0 spiro atoms. The van der Waals surface area contributed by atoms with Crippen molar-refractivity contribution in [1.82, 2.24) is 5.43 Å². The van der Waals surface area contributed by atoms with Crippen LogP contribution in [-0.4, -0.2) is 0 Å². The van der Waals surface area contributed by atoms with Crippen LogP contribution in [0.3, 0.4) is 0 Å². The first-order chi connectivity index (χ1) is 10.2. The van der Waals surface area contributed by atoms with Gasteiger partial charge in [0.1, 0.15) is 0 Å². The summed E-state index contributed by atoms with van der Waals surface area (Å²) in [5.74, 6) is 5.83. The Bertz CT molecular complexity index is 783. The van der Waals surface area contributed by atoms with Gasteiger partial charge in [0.15, 0.2) is 0 Å². The summed E-state index contributed by atoms with van der Waals surface area (Å²) in [6.07, 6.45) is 0. The number of fused-ring (bicyclic) bond motifs is 1. The van der Waals surface area contributed by atoms with E-state index in [1.54, 1.807) is 0 Å². The zero-order valence-electron chi connectivity index (χ0n) is 11.8. The SMILES string of the molecule is Cc1c(Br)cccc1C(NN)c1ccc2ccccc2c1. The first-order valence-electron chi connectivity index (χ1n) is 6.90. The molecule has 2 nitrogen and oxygen atoms in total. The number of rotatable bonds is 3. The zero-order valence-corrected chi connectivity index (χ0v) is 13.4. The Kier molecular flexibility index (Phi) is 4.06. The van der Waals surface area contributed by atoms with Gasteiger partial charge in [-0.1, -0.05) is 64.5 Å². The Morgan fingerprint density at radius 2 is 1.71 bits per heavy atom. The van der Waals surface area contributed by atoms with E-state index in [9.17, 15) is 0 Å². The largest absolute Gasteiger partial charge is 0.271 e. The maximum absolute atomic E-state index is 5.83. The molecular formula is C18H17BrN2. The molecule has 1 atom stereocenters. The van der Waals surface area contributed by atoms with Crippen LogP contribution >= 0.6 is 15.9 Å². The number of nitrogens with two attached hydrogens (primary N) is 1. The molecule has 3 aromatic carbocycles. The van der Waals surface area contributed by atoms with Gasteiger partial charge in [0.25, 0.3) is 0 Å². The molecule has 3 aromatic rings. The van der Waals surface area contributed by atoms with Gasteiger partial charge in [-0.25, -0.2) is 5.43 Å². The molecule has 0 fully saturated rings. The Morgan fingerprint density at radius 3 is 2.48 bits per heavy atom. The van der Waals surface area contributed by atoms with Gasteiger partial charge in [-0.2, -0.15) is 0 Å². The first-order valence-corrected chi connectivity index (χ1v) is 7.70. The van der Waals surface area contributed by atoms with E-state index in [0.29, 0.717) is 0 Å². The molecule has 0 radical (unpaired) electrons. The van der Waals surface area contributed by atoms with Gasteiger partial charge in [0.05, 0.1) is 6.04 Å². The van der Waals surface area contributed by atoms with Crippen LogP contribution in [0.5, 0.6) is 0 Å². The smallest absolute Gasteiger partial charge is 0.0713 e. The second-order valence-corrected chi connectivity index (χ2v) is 6.01. The molecule has 0 saturated carbocycles. The second kappa shape index (κ2) is 5.98. The summed E-state index contributed by atoms with van der Waals surface area (Å²) in [5, 5.41) is 2.46. The molecule has 0 bridgehead atoms. The van der Waals surface area contributed by atoms with Crippen molar-refractivity contribution in [2.75, 3.05) is 0 Å². The quantitative estimate of drug-likeness (QED) is 0.545. The highest BCUT2D eigenvalue weighted by atomic mass is 79.9. The van der Waals surface area contributed by atoms with Crippen LogP contribution in [0.15, 0.2) is 65.1 Å². The van der Waals surface area contributed by atoms with Crippen LogP contribution in [0.1, 0.15) is 22.7 Å². The second-order valence-electron chi connectivity index (χ2n) is 5.16. The maximum Gasteiger partial charge on any atom is 0.0713 e. The molecule has 0 aliphatic heterocycles. The summed E-state index contributed by atoms with van der Waals surface area (Å²) in [6, 6.07) is 21.0. The fourth-order valence-corrected chi connectivity index (χ4v) is 3.07. The lowest BCUT2D eigenvalue weighted by Crippen LogP contribution is -2.29. The third kappa shape index (κ3) is 2.72. The molecule has 0 aliphatic rings. The summed E-state index contributed by atoms with van der Waals surface area (Å²) >= 11 is 3.59. The van der Waals surface area contributed by atoms with E-state index in [1.165, 1.54) is 21.9 Å². The summed E-state index contributed by atoms with van der Waals surface area (Å²) in [6.45, 7) is 2.10. The van der Waals surface area contributed by atoms with Gasteiger partial charge in [-0.15, -0.1) is 0 Å². The van der Waals surface area contributed by atoms with Gasteiger partial charge in [0, 0.05) is 4.47 Å². The highest BCUT2D eigenvalue weighted by Crippen LogP contribution is 2.30. The van der Waals surface area contributed by atoms with Crippen molar-refractivity contribution >= 4 is 26.7 Å². The molecule has 0 heterocycles. The van der Waals surface area contributed by atoms with Crippen LogP contribution in [0.25, 0.3) is 10.8 Å². The van der Waals surface area contributed by atoms with Crippen LogP contribution < -0.4 is 11.3 Å². The lowest BCUT2D eigenvalue weighted by molar-refractivity contribution is 0.634. The molecule has 0 aromatic heterocycles. The first kappa shape index (κ1) is 14.3. The fraction of sp³-hybridized carbons (Fsp3) is 0.111. The third-order valence-corrected chi connectivity index (χ3v) is 4.75. The molecule has 0 saturated heterocycles. The van der Waals surface area contributed by atoms with Gasteiger partial charge in [-0.3, -0.25) is 5.84 Å². The van der Waals surface area contributed by atoms with Crippen molar-refractivity contribution in [3.63, 3.8) is 0 Å². The Balaban J connectivity index is 2.11. The summed E-state index contributed by atoms with van der Waals surface area (Å²) in [4.78, 5) is 0. The monoisotopic (exact) mass is 340 g/mol. The van der Waals surface area contributed by atoms with E-state index in [2.05, 4.69) is 76.8 Å². The normalized spacial score (nSPS) is 12.5. The van der Waals surface area contributed by atoms with Crippen LogP contribution in [0, 0.1) is 6.92 Å². The van der Waals surface area contributed by atoms with Gasteiger partial charge in [0.2, 0.25) is 0 Å². The zero-order chi connectivity index (χ0) is 14.8. The van der Waals surface area contributed by atoms with Gasteiger partial charge in [-0.05, 0) is 46.5 Å². The van der Waals surface area contributed by atoms with Crippen LogP contribution in [0.2, 0.25) is 0 Å². The van der Waals surface area contributed by atoms with E-state index in [4.69, 9.17) is 5.84 Å². The van der Waals surface area contributed by atoms with Crippen molar-refractivity contribution in [3.8, 4) is 0 Å². The van der Waals surface area contributed by atoms with E-state index >= 15 is 0 Å². The molecule has 3 N–H and O–H groups in total. The molecule has 106 valence electrons. The number of hydrogen-bond donors (Lipinski definition) is 2. The number of hydrogen-bond acceptors (Lipinski definition) is 2. The molecule has 1 unspecified atom stereocenters. The molecular weight excluding hydrogens is 324 g/mol. The van der Waals surface area contributed by atoms with Crippen molar-refractivity contribution in [1.29, 1.82) is 0 Å². The third-order valence-electron chi connectivity index (χ3n) is 3.89. The molecule has 3 heteroatoms. The van der Waals surface area contributed by atoms with Crippen LogP contribution in [0.4, 0.5) is 0 Å². The summed E-state index contributed by atoms with van der Waals surface area (Å²) in [7, 11) is 0. The van der Waals surface area contributed by atoms with Crippen molar-refractivity contribution in [2.45, 2.75) is 13.0 Å². The predicted octanol–water partition coefficient (Wildman–Crippen LogP) is 4.46. The highest BCUT2D eigenvalue weighted by Gasteiger charge is 2.16. The topological polar surface area (TPSA) is 38.0 Å². The van der Waals surface area contributed by atoms with E-state index in [1.807, 2.05) is 12.1 Å². The van der Waals surface area contributed by atoms with Crippen molar-refractivity contribution in [2.24, 2.45) is 5.84 Å². The predicted molar refractivity (Wildman–Crippen MR) is 92.0 cm³/mol. The molecule has 21 heavy (non-hydrogen) atoms. The minimum atomic E-state index is -0.0212. The van der Waals surface area contributed by atoms with E-state index in [0.717, 1.165) is 10.0 Å². The van der Waals surface area contributed by atoms with Gasteiger partial charge < -0.3 is 0 Å². The van der Waals surface area contributed by atoms with Gasteiger partial charge >= 0.3 is 0 Å². The lowest BCUT2D eigenvalue weighted by Gasteiger charge is -2.20. The number of nitrogens with one attached hydrogen (secondary N) is 1. The Labute approximate surface area is 133 Å². The standard InChI is InChI=1S/C18H17BrN2/c1-12-16(7-4-8-17(12)19)18(21-20)15-10-9-13-5-2-3-6-14(13)11-15/h2-11,18,21H,20H2,1H3. The van der Waals surface area contributed by atoms with E-state index < -0.39 is 0 Å². The Morgan fingerprint density at radius 1 is 0.952 bits per heavy atom. The Hall–Kier alpha value is -1.68. The maximum atomic E-state index is 5.83.